The van der Waals surface area contributed by atoms with Crippen LogP contribution < -0.4 is 10.0 Å². The van der Waals surface area contributed by atoms with Crippen molar-refractivity contribution in [1.29, 1.82) is 0 Å². The molecule has 19 heavy (non-hydrogen) atoms. The lowest BCUT2D eigenvalue weighted by Gasteiger charge is -2.24. The van der Waals surface area contributed by atoms with Crippen molar-refractivity contribution in [2.24, 2.45) is 0 Å². The van der Waals surface area contributed by atoms with Crippen LogP contribution in [0.4, 0.5) is 0 Å². The van der Waals surface area contributed by atoms with Crippen molar-refractivity contribution in [3.05, 3.63) is 0 Å². The molecule has 1 atom stereocenters. The average Bonchev–Trinajstić information content (AvgIpc) is 2.29. The molecule has 2 amide bonds. The van der Waals surface area contributed by atoms with Crippen molar-refractivity contribution in [2.45, 2.75) is 25.3 Å². The Morgan fingerprint density at radius 2 is 2.16 bits per heavy atom. The molecule has 9 nitrogen and oxygen atoms in total. The summed E-state index contributed by atoms with van der Waals surface area (Å²) in [7, 11) is -2.75. The van der Waals surface area contributed by atoms with Gasteiger partial charge >= 0.3 is 5.97 Å². The van der Waals surface area contributed by atoms with Crippen molar-refractivity contribution in [3.63, 3.8) is 0 Å². The zero-order valence-electron chi connectivity index (χ0n) is 10.2. The van der Waals surface area contributed by atoms with Gasteiger partial charge in [-0.3, -0.25) is 19.7 Å². The summed E-state index contributed by atoms with van der Waals surface area (Å²) in [4.78, 5) is 32.7. The van der Waals surface area contributed by atoms with E-state index in [4.69, 9.17) is 5.11 Å². The number of carbonyl (C=O) groups is 3. The number of hydrogen-bond acceptors (Lipinski definition) is 5. The molecule has 0 aromatic rings. The van der Waals surface area contributed by atoms with E-state index in [9.17, 15) is 22.8 Å². The van der Waals surface area contributed by atoms with Crippen LogP contribution in [0.1, 0.15) is 19.3 Å². The largest absolute Gasteiger partial charge is 0.481 e. The summed E-state index contributed by atoms with van der Waals surface area (Å²) >= 11 is 0. The number of hydrogen-bond donors (Lipinski definition) is 3. The smallest absolute Gasteiger partial charge is 0.304 e. The molecule has 1 fully saturated rings. The number of nitrogens with zero attached hydrogens (tertiary/aromatic N) is 1. The summed E-state index contributed by atoms with van der Waals surface area (Å²) in [6.45, 7) is -0.210. The van der Waals surface area contributed by atoms with E-state index in [1.165, 1.54) is 7.05 Å². The molecule has 1 rings (SSSR count). The van der Waals surface area contributed by atoms with E-state index in [0.29, 0.717) is 0 Å². The maximum atomic E-state index is 11.8. The van der Waals surface area contributed by atoms with Crippen molar-refractivity contribution >= 4 is 28.0 Å². The van der Waals surface area contributed by atoms with Crippen LogP contribution in [0, 0.1) is 0 Å². The fourth-order valence-corrected chi connectivity index (χ4v) is 2.55. The minimum atomic E-state index is -3.96. The molecule has 0 spiro atoms. The van der Waals surface area contributed by atoms with Crippen molar-refractivity contribution in [1.82, 2.24) is 14.3 Å². The highest BCUT2D eigenvalue weighted by atomic mass is 32.2. The van der Waals surface area contributed by atoms with Gasteiger partial charge in [0.1, 0.15) is 6.04 Å². The minimum Gasteiger partial charge on any atom is -0.481 e. The van der Waals surface area contributed by atoms with Crippen molar-refractivity contribution in [3.8, 4) is 0 Å². The third-order valence-electron chi connectivity index (χ3n) is 2.58. The van der Waals surface area contributed by atoms with E-state index < -0.39 is 34.0 Å². The number of imide groups is 1. The van der Waals surface area contributed by atoms with Gasteiger partial charge in [-0.2, -0.15) is 17.4 Å². The molecule has 1 aliphatic heterocycles. The second-order valence-electron chi connectivity index (χ2n) is 4.09. The van der Waals surface area contributed by atoms with Gasteiger partial charge in [0.2, 0.25) is 11.8 Å². The molecule has 3 N–H and O–H groups in total. The second-order valence-corrected chi connectivity index (χ2v) is 5.90. The van der Waals surface area contributed by atoms with E-state index in [-0.39, 0.29) is 25.8 Å². The van der Waals surface area contributed by atoms with E-state index in [0.717, 1.165) is 4.31 Å². The molecule has 0 aromatic carbocycles. The first-order chi connectivity index (χ1) is 8.72. The van der Waals surface area contributed by atoms with E-state index in [1.54, 1.807) is 0 Å². The first kappa shape index (κ1) is 15.5. The molecule has 108 valence electrons. The third-order valence-corrected chi connectivity index (χ3v) is 4.17. The zero-order valence-corrected chi connectivity index (χ0v) is 11.1. The number of rotatable bonds is 6. The number of carboxylic acids is 1. The second kappa shape index (κ2) is 6.08. The van der Waals surface area contributed by atoms with Gasteiger partial charge in [-0.1, -0.05) is 0 Å². The SMILES string of the molecule is CN(CCC(=O)O)S(=O)(=O)NC1CCC(=O)NC1=O. The maximum Gasteiger partial charge on any atom is 0.304 e. The van der Waals surface area contributed by atoms with Gasteiger partial charge in [0.05, 0.1) is 6.42 Å². The lowest BCUT2D eigenvalue weighted by atomic mass is 10.1. The highest BCUT2D eigenvalue weighted by molar-refractivity contribution is 7.87. The monoisotopic (exact) mass is 293 g/mol. The summed E-state index contributed by atoms with van der Waals surface area (Å²) in [5, 5.41) is 10.5. The average molecular weight is 293 g/mol. The molecule has 10 heteroatoms. The predicted octanol–water partition coefficient (Wildman–Crippen LogP) is -1.97. The van der Waals surface area contributed by atoms with Gasteiger partial charge in [0.25, 0.3) is 10.2 Å². The summed E-state index contributed by atoms with van der Waals surface area (Å²) < 4.78 is 26.5. The Hall–Kier alpha value is -1.52. The Balaban J connectivity index is 2.61. The van der Waals surface area contributed by atoms with Crippen LogP contribution in [0.5, 0.6) is 0 Å². The van der Waals surface area contributed by atoms with Crippen LogP contribution in [-0.2, 0) is 24.6 Å². The Morgan fingerprint density at radius 3 is 2.68 bits per heavy atom. The number of nitrogens with one attached hydrogen (secondary N) is 2. The lowest BCUT2D eigenvalue weighted by Crippen LogP contribution is -2.54. The van der Waals surface area contributed by atoms with Gasteiger partial charge in [-0.15, -0.1) is 0 Å². The quantitative estimate of drug-likeness (QED) is 0.487. The maximum absolute atomic E-state index is 11.8. The van der Waals surface area contributed by atoms with Crippen LogP contribution in [0.15, 0.2) is 0 Å². The zero-order chi connectivity index (χ0) is 14.6. The van der Waals surface area contributed by atoms with Crippen LogP contribution in [0.25, 0.3) is 0 Å². The highest BCUT2D eigenvalue weighted by Gasteiger charge is 2.31. The van der Waals surface area contributed by atoms with Gasteiger partial charge in [-0.25, -0.2) is 0 Å². The molecule has 0 aromatic heterocycles. The summed E-state index contributed by atoms with van der Waals surface area (Å²) in [6, 6.07) is -1.02. The Bertz CT molecular complexity index is 488. The van der Waals surface area contributed by atoms with Gasteiger partial charge in [0.15, 0.2) is 0 Å². The van der Waals surface area contributed by atoms with Crippen LogP contribution in [0.3, 0.4) is 0 Å². The van der Waals surface area contributed by atoms with Gasteiger partial charge < -0.3 is 5.11 Å². The van der Waals surface area contributed by atoms with Gasteiger partial charge in [-0.05, 0) is 6.42 Å². The Labute approximate surface area is 110 Å². The minimum absolute atomic E-state index is 0.0533. The molecule has 0 aliphatic carbocycles. The van der Waals surface area contributed by atoms with E-state index in [1.807, 2.05) is 5.32 Å². The number of carbonyl (C=O) groups excluding carboxylic acids is 2. The number of carboxylic acid groups (broad SMARTS) is 1. The van der Waals surface area contributed by atoms with E-state index >= 15 is 0 Å². The Morgan fingerprint density at radius 1 is 1.53 bits per heavy atom. The standard InChI is InChI=1S/C9H15N3O6S/c1-12(5-4-8(14)15)19(17,18)11-6-2-3-7(13)10-9(6)16/h6,11H,2-5H2,1H3,(H,14,15)(H,10,13,16). The van der Waals surface area contributed by atoms with Crippen molar-refractivity contribution in [2.75, 3.05) is 13.6 Å². The van der Waals surface area contributed by atoms with Crippen molar-refractivity contribution < 1.29 is 27.9 Å². The molecule has 0 radical (unpaired) electrons. The highest BCUT2D eigenvalue weighted by Crippen LogP contribution is 2.07. The first-order valence-electron chi connectivity index (χ1n) is 5.51. The van der Waals surface area contributed by atoms with Crippen LogP contribution in [0.2, 0.25) is 0 Å². The summed E-state index contributed by atoms with van der Waals surface area (Å²) in [6.07, 6.45) is -0.207. The van der Waals surface area contributed by atoms with Crippen LogP contribution in [-0.4, -0.2) is 55.2 Å². The molecule has 0 bridgehead atoms. The van der Waals surface area contributed by atoms with Crippen LogP contribution >= 0.6 is 0 Å². The molecule has 1 heterocycles. The number of aliphatic carboxylic acids is 1. The molecule has 1 unspecified atom stereocenters. The summed E-state index contributed by atoms with van der Waals surface area (Å²) in [5.41, 5.74) is 0. The molecule has 0 saturated carbocycles. The Kier molecular flexibility index (Phi) is 4.97. The van der Waals surface area contributed by atoms with E-state index in [2.05, 4.69) is 4.72 Å². The van der Waals surface area contributed by atoms with Gasteiger partial charge in [0, 0.05) is 20.0 Å². The number of amides is 2. The normalized spacial score (nSPS) is 20.4. The fourth-order valence-electron chi connectivity index (χ4n) is 1.45. The summed E-state index contributed by atoms with van der Waals surface area (Å²) in [5.74, 6) is -2.27. The predicted molar refractivity (Wildman–Crippen MR) is 63.1 cm³/mol. The molecular formula is C9H15N3O6S. The molecular weight excluding hydrogens is 278 g/mol. The first-order valence-corrected chi connectivity index (χ1v) is 6.95. The molecule has 1 saturated heterocycles. The lowest BCUT2D eigenvalue weighted by molar-refractivity contribution is -0.137. The third kappa shape index (κ3) is 4.58. The number of piperidine rings is 1. The molecule has 1 aliphatic rings. The fraction of sp³-hybridized carbons (Fsp3) is 0.667. The topological polar surface area (TPSA) is 133 Å².